The lowest BCUT2D eigenvalue weighted by Gasteiger charge is -2.28. The number of likely N-dealkylation sites (N-methyl/N-ethyl adjacent to an activating group) is 1. The summed E-state index contributed by atoms with van der Waals surface area (Å²) in [6.07, 6.45) is 79.0. The van der Waals surface area contributed by atoms with Crippen LogP contribution in [0, 0.1) is 0 Å². The van der Waals surface area contributed by atoms with Crippen molar-refractivity contribution in [2.24, 2.45) is 0 Å². The van der Waals surface area contributed by atoms with E-state index in [1.54, 1.807) is 0 Å². The van der Waals surface area contributed by atoms with Crippen molar-refractivity contribution in [3.63, 3.8) is 0 Å². The van der Waals surface area contributed by atoms with E-state index in [0.717, 1.165) is 116 Å². The molecule has 10 heteroatoms. The summed E-state index contributed by atoms with van der Waals surface area (Å²) in [5, 5.41) is 0. The lowest BCUT2D eigenvalue weighted by atomic mass is 10.0. The van der Waals surface area contributed by atoms with Crippen molar-refractivity contribution in [3.05, 3.63) is 146 Å². The van der Waals surface area contributed by atoms with Gasteiger partial charge in [0.2, 0.25) is 0 Å². The van der Waals surface area contributed by atoms with Crippen LogP contribution in [-0.2, 0) is 32.7 Å². The molecule has 0 heterocycles. The van der Waals surface area contributed by atoms with E-state index in [1.165, 1.54) is 38.5 Å². The van der Waals surface area contributed by atoms with Crippen LogP contribution in [0.25, 0.3) is 0 Å². The highest BCUT2D eigenvalue weighted by Crippen LogP contribution is 2.38. The first-order chi connectivity index (χ1) is 36.0. The second kappa shape index (κ2) is 53.7. The SMILES string of the molecule is CC/C=C\C/C=C\C/C=C\C/C=C\C/C=C\C/C=C\C/C=C\C/C=C\CCCCCCCCCCCCC(=O)OC(COC(=O)CCCC/C=C\C/C=C\C/C=C\C/C=C\CC)COP(=O)([O-])OCC[N+](C)(C)C. The molecule has 0 saturated heterocycles. The normalized spacial score (nSPS) is 14.4. The molecule has 0 aliphatic carbocycles. The maximum atomic E-state index is 12.8. The minimum atomic E-state index is -4.65. The van der Waals surface area contributed by atoms with Crippen molar-refractivity contribution < 1.29 is 42.1 Å². The minimum Gasteiger partial charge on any atom is -0.756 e. The Hall–Kier alpha value is -4.11. The lowest BCUT2D eigenvalue weighted by Crippen LogP contribution is -2.37. The van der Waals surface area contributed by atoms with Gasteiger partial charge in [-0.1, -0.05) is 211 Å². The molecule has 0 radical (unpaired) electrons. The van der Waals surface area contributed by atoms with E-state index in [9.17, 15) is 19.0 Å². The van der Waals surface area contributed by atoms with E-state index >= 15 is 0 Å². The Morgan fingerprint density at radius 1 is 0.419 bits per heavy atom. The number of ether oxygens (including phenoxy) is 2. The third-order valence-corrected chi connectivity index (χ3v) is 12.3. The predicted molar refractivity (Wildman–Crippen MR) is 314 cm³/mol. The first kappa shape index (κ1) is 69.9. The Bertz CT molecular complexity index is 1760. The fourth-order valence-electron chi connectivity index (χ4n) is 7.01. The van der Waals surface area contributed by atoms with Crippen LogP contribution in [0.15, 0.2) is 146 Å². The molecule has 0 aromatic rings. The van der Waals surface area contributed by atoms with Crippen LogP contribution in [0.1, 0.15) is 194 Å². The van der Waals surface area contributed by atoms with E-state index in [0.29, 0.717) is 23.9 Å². The number of phosphoric ester groups is 1. The summed E-state index contributed by atoms with van der Waals surface area (Å²) in [6, 6.07) is 0. The van der Waals surface area contributed by atoms with E-state index in [-0.39, 0.29) is 26.1 Å². The fourth-order valence-corrected chi connectivity index (χ4v) is 7.74. The number of hydrogen-bond donors (Lipinski definition) is 0. The van der Waals surface area contributed by atoms with Gasteiger partial charge in [0.15, 0.2) is 6.10 Å². The van der Waals surface area contributed by atoms with Gasteiger partial charge in [0.1, 0.15) is 19.8 Å². The molecule has 74 heavy (non-hydrogen) atoms. The van der Waals surface area contributed by atoms with Gasteiger partial charge in [0, 0.05) is 12.8 Å². The van der Waals surface area contributed by atoms with Crippen LogP contribution >= 0.6 is 7.82 Å². The number of phosphoric acid groups is 1. The van der Waals surface area contributed by atoms with Gasteiger partial charge >= 0.3 is 11.9 Å². The molecule has 0 amide bonds. The highest BCUT2D eigenvalue weighted by Gasteiger charge is 2.21. The number of allylic oxidation sites excluding steroid dienone is 24. The quantitative estimate of drug-likeness (QED) is 0.0195. The van der Waals surface area contributed by atoms with Gasteiger partial charge in [-0.2, -0.15) is 0 Å². The molecule has 0 spiro atoms. The van der Waals surface area contributed by atoms with E-state index in [2.05, 4.69) is 160 Å². The summed E-state index contributed by atoms with van der Waals surface area (Å²) >= 11 is 0. The van der Waals surface area contributed by atoms with Crippen molar-refractivity contribution in [1.29, 1.82) is 0 Å². The summed E-state index contributed by atoms with van der Waals surface area (Å²) in [5.41, 5.74) is 0. The number of carbonyl (C=O) groups is 2. The Labute approximate surface area is 453 Å². The second-order valence-corrected chi connectivity index (χ2v) is 20.9. The molecule has 2 atom stereocenters. The molecule has 0 aliphatic rings. The third-order valence-electron chi connectivity index (χ3n) is 11.4. The van der Waals surface area contributed by atoms with Crippen LogP contribution in [-0.4, -0.2) is 70.0 Å². The smallest absolute Gasteiger partial charge is 0.306 e. The summed E-state index contributed by atoms with van der Waals surface area (Å²) < 4.78 is 34.0. The van der Waals surface area contributed by atoms with Crippen molar-refractivity contribution in [1.82, 2.24) is 0 Å². The van der Waals surface area contributed by atoms with Crippen LogP contribution in [0.4, 0.5) is 0 Å². The second-order valence-electron chi connectivity index (χ2n) is 19.5. The van der Waals surface area contributed by atoms with Crippen molar-refractivity contribution in [3.8, 4) is 0 Å². The van der Waals surface area contributed by atoms with E-state index in [1.807, 2.05) is 21.1 Å². The molecule has 0 aromatic heterocycles. The Morgan fingerprint density at radius 3 is 1.11 bits per heavy atom. The van der Waals surface area contributed by atoms with Crippen molar-refractivity contribution >= 4 is 19.8 Å². The third kappa shape index (κ3) is 57.2. The number of unbranched alkanes of at least 4 members (excludes halogenated alkanes) is 12. The zero-order valence-corrected chi connectivity index (χ0v) is 48.1. The number of rotatable bonds is 50. The molecule has 9 nitrogen and oxygen atoms in total. The molecular formula is C64H104NO8P. The van der Waals surface area contributed by atoms with Gasteiger partial charge in [0.05, 0.1) is 27.7 Å². The first-order valence-corrected chi connectivity index (χ1v) is 30.0. The molecule has 0 rings (SSSR count). The van der Waals surface area contributed by atoms with Crippen LogP contribution < -0.4 is 4.89 Å². The van der Waals surface area contributed by atoms with Crippen molar-refractivity contribution in [2.75, 3.05) is 47.5 Å². The van der Waals surface area contributed by atoms with Gasteiger partial charge in [-0.3, -0.25) is 14.2 Å². The minimum absolute atomic E-state index is 0.0464. The highest BCUT2D eigenvalue weighted by atomic mass is 31.2. The zero-order valence-electron chi connectivity index (χ0n) is 47.2. The topological polar surface area (TPSA) is 111 Å². The molecule has 0 N–H and O–H groups in total. The van der Waals surface area contributed by atoms with E-state index < -0.39 is 32.5 Å². The number of hydrogen-bond acceptors (Lipinski definition) is 8. The Balaban J connectivity index is 4.19. The predicted octanol–water partition coefficient (Wildman–Crippen LogP) is 17.3. The highest BCUT2D eigenvalue weighted by molar-refractivity contribution is 7.45. The van der Waals surface area contributed by atoms with Gasteiger partial charge in [-0.15, -0.1) is 0 Å². The number of quaternary nitrogens is 1. The monoisotopic (exact) mass is 1050 g/mol. The fraction of sp³-hybridized carbons (Fsp3) is 0.594. The maximum Gasteiger partial charge on any atom is 0.306 e. The Kier molecular flexibility index (Phi) is 50.7. The number of nitrogens with zero attached hydrogens (tertiary/aromatic N) is 1. The van der Waals surface area contributed by atoms with Crippen molar-refractivity contribution in [2.45, 2.75) is 200 Å². The molecule has 0 aliphatic heterocycles. The summed E-state index contributed by atoms with van der Waals surface area (Å²) in [4.78, 5) is 37.8. The van der Waals surface area contributed by atoms with Gasteiger partial charge in [-0.25, -0.2) is 0 Å². The lowest BCUT2D eigenvalue weighted by molar-refractivity contribution is -0.870. The van der Waals surface area contributed by atoms with E-state index in [4.69, 9.17) is 18.5 Å². The molecule has 0 bridgehead atoms. The zero-order chi connectivity index (χ0) is 54.2. The molecule has 0 saturated carbocycles. The molecule has 0 fully saturated rings. The largest absolute Gasteiger partial charge is 0.756 e. The van der Waals surface area contributed by atoms with Gasteiger partial charge in [-0.05, 0) is 116 Å². The number of esters is 2. The summed E-state index contributed by atoms with van der Waals surface area (Å²) in [7, 11) is 1.12. The Morgan fingerprint density at radius 2 is 0.730 bits per heavy atom. The van der Waals surface area contributed by atoms with Gasteiger partial charge in [0.25, 0.3) is 7.82 Å². The summed E-state index contributed by atoms with van der Waals surface area (Å²) in [6.45, 7) is 3.92. The van der Waals surface area contributed by atoms with Crippen LogP contribution in [0.3, 0.4) is 0 Å². The van der Waals surface area contributed by atoms with Crippen LogP contribution in [0.2, 0.25) is 0 Å². The molecular weight excluding hydrogens is 942 g/mol. The standard InChI is InChI=1S/C64H104NO8P/c1-6-8-10-12-14-16-18-20-22-23-24-25-26-27-28-29-30-31-32-33-34-35-36-37-38-39-40-41-43-45-47-49-51-53-55-57-64(67)73-62(61-72-74(68,69)71-59-58-65(3,4)5)60-70-63(66)56-54-52-50-48-46-44-42-21-19-17-15-13-11-9-7-2/h8-11,14-17,20-22,24-25,27-28,30-31,33-34,36-37,42,46,48,62H,6-7,12-13,18-19,23,26,29,32,35,38-41,43-45,47,49-61H2,1-5H3/b10-8-,11-9-,16-14-,17-15-,22-20-,25-24-,28-27-,31-30-,34-33-,37-36-,42-21-,48-46-. The van der Waals surface area contributed by atoms with Crippen LogP contribution in [0.5, 0.6) is 0 Å². The average molecular weight is 1050 g/mol. The molecule has 0 aromatic carbocycles. The average Bonchev–Trinajstić information content (AvgIpc) is 3.36. The molecule has 2 unspecified atom stereocenters. The summed E-state index contributed by atoms with van der Waals surface area (Å²) in [5.74, 6) is -0.900. The maximum absolute atomic E-state index is 12.8. The molecule has 418 valence electrons. The number of carbonyl (C=O) groups excluding carboxylic acids is 2. The van der Waals surface area contributed by atoms with Gasteiger partial charge < -0.3 is 27.9 Å². The first-order valence-electron chi connectivity index (χ1n) is 28.5.